The number of aryl methyl sites for hydroxylation is 1. The van der Waals surface area contributed by atoms with Gasteiger partial charge in [-0.3, -0.25) is 10.1 Å². The van der Waals surface area contributed by atoms with E-state index in [1.165, 1.54) is 6.07 Å². The molecule has 0 radical (unpaired) electrons. The number of nitro groups is 1. The van der Waals surface area contributed by atoms with Crippen molar-refractivity contribution in [3.8, 4) is 5.75 Å². The Balaban J connectivity index is 1.60. The Morgan fingerprint density at radius 1 is 1.18 bits per heavy atom. The van der Waals surface area contributed by atoms with Gasteiger partial charge in [0.15, 0.2) is 0 Å². The fraction of sp³-hybridized carbons (Fsp3) is 0.350. The Morgan fingerprint density at radius 3 is 2.68 bits per heavy atom. The van der Waals surface area contributed by atoms with Crippen molar-refractivity contribution in [2.45, 2.75) is 6.92 Å². The Kier molecular flexibility index (Phi) is 6.44. The van der Waals surface area contributed by atoms with E-state index in [4.69, 9.17) is 14.2 Å². The van der Waals surface area contributed by atoms with Crippen molar-refractivity contribution < 1.29 is 23.9 Å². The molecular weight excluding hydrogens is 364 g/mol. The minimum Gasteiger partial charge on any atom is -0.490 e. The third-order valence-corrected chi connectivity index (χ3v) is 4.33. The second-order valence-electron chi connectivity index (χ2n) is 6.36. The molecule has 0 N–H and O–H groups in total. The van der Waals surface area contributed by atoms with Gasteiger partial charge in [0, 0.05) is 19.2 Å². The normalized spacial score (nSPS) is 13.8. The van der Waals surface area contributed by atoms with Crippen LogP contribution in [0, 0.1) is 17.0 Å². The molecule has 0 saturated carbocycles. The lowest BCUT2D eigenvalue weighted by Crippen LogP contribution is -2.36. The lowest BCUT2D eigenvalue weighted by atomic mass is 10.1. The highest BCUT2D eigenvalue weighted by molar-refractivity contribution is 5.91. The molecule has 0 aliphatic carbocycles. The highest BCUT2D eigenvalue weighted by Crippen LogP contribution is 2.30. The minimum absolute atomic E-state index is 0.0474. The van der Waals surface area contributed by atoms with Crippen molar-refractivity contribution in [1.29, 1.82) is 0 Å². The van der Waals surface area contributed by atoms with E-state index in [2.05, 4.69) is 0 Å². The zero-order valence-corrected chi connectivity index (χ0v) is 15.6. The topological polar surface area (TPSA) is 91.1 Å². The molecule has 0 aromatic heterocycles. The van der Waals surface area contributed by atoms with E-state index in [0.717, 1.165) is 5.56 Å². The van der Waals surface area contributed by atoms with E-state index in [1.807, 2.05) is 36.1 Å². The molecule has 0 bridgehead atoms. The van der Waals surface area contributed by atoms with Crippen LogP contribution in [-0.2, 0) is 9.47 Å². The van der Waals surface area contributed by atoms with E-state index >= 15 is 0 Å². The highest BCUT2D eigenvalue weighted by Gasteiger charge is 2.23. The van der Waals surface area contributed by atoms with Gasteiger partial charge in [0.25, 0.3) is 5.69 Å². The first-order chi connectivity index (χ1) is 13.5. The number of esters is 1. The standard InChI is InChI=1S/C20H22N2O6/c1-15-3-2-4-17(13-15)27-11-12-28-20(23)16-5-6-18(19(14-16)22(24)25)21-7-9-26-10-8-21/h2-6,13-14H,7-12H2,1H3. The molecule has 2 aromatic carbocycles. The van der Waals surface area contributed by atoms with Gasteiger partial charge >= 0.3 is 5.97 Å². The van der Waals surface area contributed by atoms with E-state index in [9.17, 15) is 14.9 Å². The molecule has 3 rings (SSSR count). The molecule has 8 nitrogen and oxygen atoms in total. The molecule has 1 fully saturated rings. The summed E-state index contributed by atoms with van der Waals surface area (Å²) >= 11 is 0. The Labute approximate surface area is 162 Å². The molecule has 2 aromatic rings. The maximum atomic E-state index is 12.2. The summed E-state index contributed by atoms with van der Waals surface area (Å²) in [6, 6.07) is 11.9. The summed E-state index contributed by atoms with van der Waals surface area (Å²) in [5.74, 6) is 0.0750. The predicted octanol–water partition coefficient (Wildman–Crippen LogP) is 2.98. The van der Waals surface area contributed by atoms with Crippen LogP contribution in [-0.4, -0.2) is 50.4 Å². The minimum atomic E-state index is -0.621. The average molecular weight is 386 g/mol. The first-order valence-electron chi connectivity index (χ1n) is 9.02. The van der Waals surface area contributed by atoms with E-state index in [-0.39, 0.29) is 24.5 Å². The molecule has 148 valence electrons. The zero-order valence-electron chi connectivity index (χ0n) is 15.6. The second-order valence-corrected chi connectivity index (χ2v) is 6.36. The largest absolute Gasteiger partial charge is 0.490 e. The number of morpholine rings is 1. The van der Waals surface area contributed by atoms with Crippen LogP contribution in [0.3, 0.4) is 0 Å². The molecule has 0 unspecified atom stereocenters. The van der Waals surface area contributed by atoms with E-state index in [0.29, 0.717) is 37.7 Å². The van der Waals surface area contributed by atoms with Crippen molar-refractivity contribution in [1.82, 2.24) is 0 Å². The molecular formula is C20H22N2O6. The van der Waals surface area contributed by atoms with Gasteiger partial charge in [-0.2, -0.15) is 0 Å². The predicted molar refractivity (Wildman–Crippen MR) is 103 cm³/mol. The number of nitro benzene ring substituents is 1. The van der Waals surface area contributed by atoms with Gasteiger partial charge in [-0.25, -0.2) is 4.79 Å². The maximum Gasteiger partial charge on any atom is 0.338 e. The maximum absolute atomic E-state index is 12.2. The van der Waals surface area contributed by atoms with Gasteiger partial charge in [-0.15, -0.1) is 0 Å². The number of benzene rings is 2. The van der Waals surface area contributed by atoms with Crippen molar-refractivity contribution >= 4 is 17.3 Å². The van der Waals surface area contributed by atoms with E-state index in [1.54, 1.807) is 12.1 Å². The first-order valence-corrected chi connectivity index (χ1v) is 9.02. The highest BCUT2D eigenvalue weighted by atomic mass is 16.6. The summed E-state index contributed by atoms with van der Waals surface area (Å²) < 4.78 is 16.0. The van der Waals surface area contributed by atoms with Crippen molar-refractivity contribution in [2.75, 3.05) is 44.4 Å². The van der Waals surface area contributed by atoms with Crippen LogP contribution in [0.15, 0.2) is 42.5 Å². The van der Waals surface area contributed by atoms with Gasteiger partial charge in [0.2, 0.25) is 0 Å². The zero-order chi connectivity index (χ0) is 19.9. The summed E-state index contributed by atoms with van der Waals surface area (Å²) in [6.07, 6.45) is 0. The summed E-state index contributed by atoms with van der Waals surface area (Å²) in [5, 5.41) is 11.5. The molecule has 0 amide bonds. The number of rotatable bonds is 7. The van der Waals surface area contributed by atoms with Gasteiger partial charge in [0.1, 0.15) is 24.7 Å². The number of nitrogens with zero attached hydrogens (tertiary/aromatic N) is 2. The van der Waals surface area contributed by atoms with Crippen LogP contribution in [0.4, 0.5) is 11.4 Å². The van der Waals surface area contributed by atoms with Gasteiger partial charge < -0.3 is 19.1 Å². The number of carbonyl (C=O) groups is 1. The van der Waals surface area contributed by atoms with Crippen LogP contribution in [0.25, 0.3) is 0 Å². The third kappa shape index (κ3) is 4.98. The molecule has 8 heteroatoms. The lowest BCUT2D eigenvalue weighted by molar-refractivity contribution is -0.384. The Bertz CT molecular complexity index is 848. The van der Waals surface area contributed by atoms with Crippen molar-refractivity contribution in [3.05, 3.63) is 63.7 Å². The van der Waals surface area contributed by atoms with Crippen LogP contribution < -0.4 is 9.64 Å². The fourth-order valence-corrected chi connectivity index (χ4v) is 2.95. The molecule has 1 aliphatic rings. The summed E-state index contributed by atoms with van der Waals surface area (Å²) in [4.78, 5) is 25.1. The first kappa shape index (κ1) is 19.6. The quantitative estimate of drug-likeness (QED) is 0.313. The van der Waals surface area contributed by atoms with Crippen LogP contribution in [0.1, 0.15) is 15.9 Å². The third-order valence-electron chi connectivity index (χ3n) is 4.33. The molecule has 28 heavy (non-hydrogen) atoms. The SMILES string of the molecule is Cc1cccc(OCCOC(=O)c2ccc(N3CCOCC3)c([N+](=O)[O-])c2)c1. The number of anilines is 1. The van der Waals surface area contributed by atoms with Crippen molar-refractivity contribution in [3.63, 3.8) is 0 Å². The van der Waals surface area contributed by atoms with E-state index < -0.39 is 10.9 Å². The Hall–Kier alpha value is -3.13. The summed E-state index contributed by atoms with van der Waals surface area (Å²) in [6.45, 7) is 4.38. The lowest BCUT2D eigenvalue weighted by Gasteiger charge is -2.28. The summed E-state index contributed by atoms with van der Waals surface area (Å²) in [5.41, 5.74) is 1.57. The summed E-state index contributed by atoms with van der Waals surface area (Å²) in [7, 11) is 0. The average Bonchev–Trinajstić information content (AvgIpc) is 2.71. The van der Waals surface area contributed by atoms with Gasteiger partial charge in [-0.05, 0) is 36.8 Å². The molecule has 1 saturated heterocycles. The monoisotopic (exact) mass is 386 g/mol. The second kappa shape index (κ2) is 9.18. The fourth-order valence-electron chi connectivity index (χ4n) is 2.95. The molecule has 1 heterocycles. The number of ether oxygens (including phenoxy) is 3. The molecule has 0 spiro atoms. The molecule has 0 atom stereocenters. The number of hydrogen-bond donors (Lipinski definition) is 0. The van der Waals surface area contributed by atoms with Crippen molar-refractivity contribution in [2.24, 2.45) is 0 Å². The number of carbonyl (C=O) groups excluding carboxylic acids is 1. The van der Waals surface area contributed by atoms with Crippen LogP contribution in [0.5, 0.6) is 5.75 Å². The molecule has 1 aliphatic heterocycles. The van der Waals surface area contributed by atoms with Crippen LogP contribution in [0.2, 0.25) is 0 Å². The van der Waals surface area contributed by atoms with Crippen LogP contribution >= 0.6 is 0 Å². The van der Waals surface area contributed by atoms with Gasteiger partial charge in [0.05, 0.1) is 23.7 Å². The smallest absolute Gasteiger partial charge is 0.338 e. The Morgan fingerprint density at radius 2 is 1.96 bits per heavy atom. The van der Waals surface area contributed by atoms with Gasteiger partial charge in [-0.1, -0.05) is 12.1 Å². The number of hydrogen-bond acceptors (Lipinski definition) is 7.